The maximum absolute atomic E-state index is 11.5. The number of amides is 1. The average molecular weight is 207 g/mol. The van der Waals surface area contributed by atoms with Crippen molar-refractivity contribution in [1.82, 2.24) is 5.32 Å². The van der Waals surface area contributed by atoms with Crippen LogP contribution >= 0.6 is 0 Å². The third kappa shape index (κ3) is 2.62. The minimum Gasteiger partial charge on any atom is -0.397 e. The van der Waals surface area contributed by atoms with Crippen molar-refractivity contribution in [3.63, 3.8) is 0 Å². The standard InChI is InChI=1S/C11H17N3O/c1-4-13-11(15)8-5-6-10(14(2)3)9(12)7-8/h5-7H,4,12H2,1-3H3,(H,13,15). The molecule has 0 unspecified atom stereocenters. The van der Waals surface area contributed by atoms with E-state index in [4.69, 9.17) is 5.73 Å². The maximum Gasteiger partial charge on any atom is 0.251 e. The maximum atomic E-state index is 11.5. The molecule has 0 fully saturated rings. The Kier molecular flexibility index (Phi) is 3.55. The second-order valence-electron chi connectivity index (χ2n) is 3.53. The van der Waals surface area contributed by atoms with E-state index in [0.29, 0.717) is 17.8 Å². The molecule has 1 amide bonds. The Bertz CT molecular complexity index is 361. The van der Waals surface area contributed by atoms with Crippen molar-refractivity contribution in [2.75, 3.05) is 31.3 Å². The fourth-order valence-electron chi connectivity index (χ4n) is 1.37. The number of nitrogens with two attached hydrogens (primary N) is 1. The number of nitrogens with one attached hydrogen (secondary N) is 1. The molecule has 0 radical (unpaired) electrons. The normalized spacial score (nSPS) is 9.80. The molecule has 0 atom stereocenters. The summed E-state index contributed by atoms with van der Waals surface area (Å²) in [5.41, 5.74) is 7.97. The summed E-state index contributed by atoms with van der Waals surface area (Å²) in [6.45, 7) is 2.50. The van der Waals surface area contributed by atoms with Crippen LogP contribution in [0.25, 0.3) is 0 Å². The summed E-state index contributed by atoms with van der Waals surface area (Å²) in [6, 6.07) is 5.32. The first-order valence-corrected chi connectivity index (χ1v) is 4.91. The highest BCUT2D eigenvalue weighted by Gasteiger charge is 2.07. The van der Waals surface area contributed by atoms with Crippen molar-refractivity contribution in [3.05, 3.63) is 23.8 Å². The van der Waals surface area contributed by atoms with Gasteiger partial charge in [0.15, 0.2) is 0 Å². The summed E-state index contributed by atoms with van der Waals surface area (Å²) in [5, 5.41) is 2.73. The summed E-state index contributed by atoms with van der Waals surface area (Å²) >= 11 is 0. The number of nitrogen functional groups attached to an aromatic ring is 1. The smallest absolute Gasteiger partial charge is 0.251 e. The SMILES string of the molecule is CCNC(=O)c1ccc(N(C)C)c(N)c1. The minimum absolute atomic E-state index is 0.0884. The molecule has 0 saturated heterocycles. The van der Waals surface area contributed by atoms with Gasteiger partial charge in [0.25, 0.3) is 5.91 Å². The Morgan fingerprint density at radius 2 is 2.13 bits per heavy atom. The number of hydrogen-bond acceptors (Lipinski definition) is 3. The van der Waals surface area contributed by atoms with E-state index in [1.807, 2.05) is 32.0 Å². The van der Waals surface area contributed by atoms with Crippen LogP contribution in [-0.2, 0) is 0 Å². The number of benzene rings is 1. The second kappa shape index (κ2) is 4.68. The predicted octanol–water partition coefficient (Wildman–Crippen LogP) is 1.08. The van der Waals surface area contributed by atoms with Gasteiger partial charge in [0.05, 0.1) is 11.4 Å². The summed E-state index contributed by atoms with van der Waals surface area (Å²) in [6.07, 6.45) is 0. The van der Waals surface area contributed by atoms with Crippen LogP contribution in [0.3, 0.4) is 0 Å². The molecule has 3 N–H and O–H groups in total. The molecule has 0 aliphatic carbocycles. The lowest BCUT2D eigenvalue weighted by atomic mass is 10.1. The van der Waals surface area contributed by atoms with Gasteiger partial charge in [-0.2, -0.15) is 0 Å². The van der Waals surface area contributed by atoms with Crippen molar-refractivity contribution < 1.29 is 4.79 Å². The Hall–Kier alpha value is -1.71. The molecule has 4 nitrogen and oxygen atoms in total. The average Bonchev–Trinajstić information content (AvgIpc) is 2.17. The highest BCUT2D eigenvalue weighted by Crippen LogP contribution is 2.22. The van der Waals surface area contributed by atoms with Crippen LogP contribution in [0.5, 0.6) is 0 Å². The van der Waals surface area contributed by atoms with E-state index < -0.39 is 0 Å². The third-order valence-electron chi connectivity index (χ3n) is 2.11. The Labute approximate surface area is 90.1 Å². The monoisotopic (exact) mass is 207 g/mol. The number of hydrogen-bond donors (Lipinski definition) is 2. The highest BCUT2D eigenvalue weighted by molar-refractivity contribution is 5.96. The number of carbonyl (C=O) groups excluding carboxylic acids is 1. The molecule has 4 heteroatoms. The van der Waals surface area contributed by atoms with Gasteiger partial charge in [-0.3, -0.25) is 4.79 Å². The molecule has 0 aliphatic heterocycles. The van der Waals surface area contributed by atoms with Crippen LogP contribution in [0.2, 0.25) is 0 Å². The van der Waals surface area contributed by atoms with Gasteiger partial charge in [0.2, 0.25) is 0 Å². The zero-order chi connectivity index (χ0) is 11.4. The zero-order valence-corrected chi connectivity index (χ0v) is 9.37. The fourth-order valence-corrected chi connectivity index (χ4v) is 1.37. The summed E-state index contributed by atoms with van der Waals surface area (Å²) in [4.78, 5) is 13.4. The molecular formula is C11H17N3O. The molecule has 0 aromatic heterocycles. The van der Waals surface area contributed by atoms with Gasteiger partial charge in [-0.25, -0.2) is 0 Å². The van der Waals surface area contributed by atoms with Gasteiger partial charge < -0.3 is 16.0 Å². The van der Waals surface area contributed by atoms with E-state index in [0.717, 1.165) is 5.69 Å². The topological polar surface area (TPSA) is 58.4 Å². The highest BCUT2D eigenvalue weighted by atomic mass is 16.1. The largest absolute Gasteiger partial charge is 0.397 e. The quantitative estimate of drug-likeness (QED) is 0.729. The number of rotatable bonds is 3. The predicted molar refractivity (Wildman–Crippen MR) is 63.2 cm³/mol. The van der Waals surface area contributed by atoms with Crippen molar-refractivity contribution >= 4 is 17.3 Å². The Morgan fingerprint density at radius 1 is 1.47 bits per heavy atom. The lowest BCUT2D eigenvalue weighted by molar-refractivity contribution is 0.0956. The van der Waals surface area contributed by atoms with Crippen LogP contribution in [0.1, 0.15) is 17.3 Å². The van der Waals surface area contributed by atoms with E-state index in [2.05, 4.69) is 5.32 Å². The molecule has 1 aromatic rings. The number of carbonyl (C=O) groups is 1. The van der Waals surface area contributed by atoms with Crippen molar-refractivity contribution in [2.45, 2.75) is 6.92 Å². The first kappa shape index (κ1) is 11.4. The van der Waals surface area contributed by atoms with Gasteiger partial charge in [0, 0.05) is 26.2 Å². The second-order valence-corrected chi connectivity index (χ2v) is 3.53. The first-order chi connectivity index (χ1) is 7.06. The molecule has 82 valence electrons. The molecule has 0 heterocycles. The molecule has 15 heavy (non-hydrogen) atoms. The number of nitrogens with zero attached hydrogens (tertiary/aromatic N) is 1. The van der Waals surface area contributed by atoms with Crippen LogP contribution in [0.15, 0.2) is 18.2 Å². The molecular weight excluding hydrogens is 190 g/mol. The van der Waals surface area contributed by atoms with Gasteiger partial charge in [-0.1, -0.05) is 0 Å². The Balaban J connectivity index is 2.96. The van der Waals surface area contributed by atoms with Crippen molar-refractivity contribution in [2.24, 2.45) is 0 Å². The molecule has 0 saturated carbocycles. The fraction of sp³-hybridized carbons (Fsp3) is 0.364. The van der Waals surface area contributed by atoms with Crippen molar-refractivity contribution in [3.8, 4) is 0 Å². The first-order valence-electron chi connectivity index (χ1n) is 4.91. The molecule has 0 bridgehead atoms. The molecule has 0 spiro atoms. The molecule has 1 aromatic carbocycles. The molecule has 0 aliphatic rings. The van der Waals surface area contributed by atoms with Crippen molar-refractivity contribution in [1.29, 1.82) is 0 Å². The van der Waals surface area contributed by atoms with Crippen LogP contribution in [0.4, 0.5) is 11.4 Å². The van der Waals surface area contributed by atoms with Crippen LogP contribution in [-0.4, -0.2) is 26.5 Å². The summed E-state index contributed by atoms with van der Waals surface area (Å²) in [7, 11) is 3.83. The van der Waals surface area contributed by atoms with E-state index in [-0.39, 0.29) is 5.91 Å². The molecule has 1 rings (SSSR count). The van der Waals surface area contributed by atoms with Gasteiger partial charge in [0.1, 0.15) is 0 Å². The summed E-state index contributed by atoms with van der Waals surface area (Å²) < 4.78 is 0. The lowest BCUT2D eigenvalue weighted by Gasteiger charge is -2.15. The van der Waals surface area contributed by atoms with Crippen LogP contribution < -0.4 is 16.0 Å². The Morgan fingerprint density at radius 3 is 2.60 bits per heavy atom. The number of anilines is 2. The van der Waals surface area contributed by atoms with E-state index in [1.165, 1.54) is 0 Å². The minimum atomic E-state index is -0.0884. The van der Waals surface area contributed by atoms with E-state index in [1.54, 1.807) is 12.1 Å². The van der Waals surface area contributed by atoms with E-state index >= 15 is 0 Å². The van der Waals surface area contributed by atoms with E-state index in [9.17, 15) is 4.79 Å². The summed E-state index contributed by atoms with van der Waals surface area (Å²) in [5.74, 6) is -0.0884. The van der Waals surface area contributed by atoms with Gasteiger partial charge in [-0.15, -0.1) is 0 Å². The van der Waals surface area contributed by atoms with Gasteiger partial charge in [-0.05, 0) is 25.1 Å². The van der Waals surface area contributed by atoms with Gasteiger partial charge >= 0.3 is 0 Å². The lowest BCUT2D eigenvalue weighted by Crippen LogP contribution is -2.23. The third-order valence-corrected chi connectivity index (χ3v) is 2.11. The zero-order valence-electron chi connectivity index (χ0n) is 9.37. The van der Waals surface area contributed by atoms with Crippen LogP contribution in [0, 0.1) is 0 Å².